The molecule has 2 heteroatoms. The van der Waals surface area contributed by atoms with Crippen LogP contribution in [0.3, 0.4) is 0 Å². The summed E-state index contributed by atoms with van der Waals surface area (Å²) in [4.78, 5) is 0. The van der Waals surface area contributed by atoms with Crippen LogP contribution in [0.2, 0.25) is 0 Å². The highest BCUT2D eigenvalue weighted by molar-refractivity contribution is 4.71. The highest BCUT2D eigenvalue weighted by Gasteiger charge is 2.36. The Bertz CT molecular complexity index is 98.0. The van der Waals surface area contributed by atoms with Gasteiger partial charge in [-0.3, -0.25) is 0 Å². The lowest BCUT2D eigenvalue weighted by molar-refractivity contribution is -0.404. The monoisotopic (exact) mass is 130 g/mol. The van der Waals surface area contributed by atoms with Crippen LogP contribution in [0.25, 0.3) is 0 Å². The van der Waals surface area contributed by atoms with Gasteiger partial charge in [-0.1, -0.05) is 20.8 Å². The number of hydrogen-bond acceptors (Lipinski definition) is 2. The fourth-order valence-corrected chi connectivity index (χ4v) is 0.767. The van der Waals surface area contributed by atoms with Crippen LogP contribution in [0.15, 0.2) is 0 Å². The third-order valence-electron chi connectivity index (χ3n) is 1.34. The van der Waals surface area contributed by atoms with Crippen molar-refractivity contribution in [3.8, 4) is 0 Å². The van der Waals surface area contributed by atoms with Gasteiger partial charge in [-0.15, -0.1) is 0 Å². The molecule has 1 saturated heterocycles. The maximum Gasteiger partial charge on any atom is 0.168 e. The van der Waals surface area contributed by atoms with Crippen molar-refractivity contribution in [1.29, 1.82) is 0 Å². The summed E-state index contributed by atoms with van der Waals surface area (Å²) in [6.45, 7) is 8.21. The Hall–Kier alpha value is -0.0800. The molecule has 0 aromatic carbocycles. The third-order valence-corrected chi connectivity index (χ3v) is 1.34. The lowest BCUT2D eigenvalue weighted by atomic mass is 9.95. The summed E-state index contributed by atoms with van der Waals surface area (Å²) in [6, 6.07) is 0. The van der Waals surface area contributed by atoms with E-state index in [1.807, 2.05) is 6.92 Å². The molecule has 0 radical (unpaired) electrons. The second-order valence-corrected chi connectivity index (χ2v) is 3.54. The van der Waals surface area contributed by atoms with Gasteiger partial charge in [0.1, 0.15) is 0 Å². The van der Waals surface area contributed by atoms with Crippen LogP contribution in [0, 0.1) is 5.41 Å². The van der Waals surface area contributed by atoms with Gasteiger partial charge in [0.05, 0.1) is 0 Å². The second kappa shape index (κ2) is 1.96. The van der Waals surface area contributed by atoms with Crippen molar-refractivity contribution in [3.63, 3.8) is 0 Å². The first-order valence-corrected chi connectivity index (χ1v) is 3.31. The van der Waals surface area contributed by atoms with Crippen LogP contribution in [-0.2, 0) is 9.47 Å². The Kier molecular flexibility index (Phi) is 1.53. The van der Waals surface area contributed by atoms with Gasteiger partial charge < -0.3 is 9.47 Å². The second-order valence-electron chi connectivity index (χ2n) is 3.54. The van der Waals surface area contributed by atoms with E-state index in [4.69, 9.17) is 9.47 Å². The largest absolute Gasteiger partial charge is 0.323 e. The topological polar surface area (TPSA) is 18.5 Å². The molecular weight excluding hydrogens is 116 g/mol. The molecule has 54 valence electrons. The van der Waals surface area contributed by atoms with Gasteiger partial charge in [0.15, 0.2) is 12.6 Å². The van der Waals surface area contributed by atoms with E-state index in [-0.39, 0.29) is 18.0 Å². The lowest BCUT2D eigenvalue weighted by Gasteiger charge is -2.41. The van der Waals surface area contributed by atoms with Crippen molar-refractivity contribution in [1.82, 2.24) is 0 Å². The van der Waals surface area contributed by atoms with Gasteiger partial charge in [-0.2, -0.15) is 0 Å². The first-order chi connectivity index (χ1) is 4.00. The van der Waals surface area contributed by atoms with Crippen LogP contribution >= 0.6 is 0 Å². The third kappa shape index (κ3) is 1.43. The van der Waals surface area contributed by atoms with E-state index >= 15 is 0 Å². The minimum atomic E-state index is 0.00694. The van der Waals surface area contributed by atoms with Crippen molar-refractivity contribution in [2.75, 3.05) is 0 Å². The molecule has 0 aromatic rings. The van der Waals surface area contributed by atoms with Crippen molar-refractivity contribution in [2.45, 2.75) is 40.3 Å². The van der Waals surface area contributed by atoms with Crippen molar-refractivity contribution < 1.29 is 9.47 Å². The molecule has 9 heavy (non-hydrogen) atoms. The van der Waals surface area contributed by atoms with E-state index in [0.29, 0.717) is 0 Å². The van der Waals surface area contributed by atoms with E-state index in [1.54, 1.807) is 0 Å². The van der Waals surface area contributed by atoms with Gasteiger partial charge in [0, 0.05) is 5.41 Å². The first kappa shape index (κ1) is 7.03. The zero-order chi connectivity index (χ0) is 7.07. The summed E-state index contributed by atoms with van der Waals surface area (Å²) in [5.74, 6) is 0. The SMILES string of the molecule is CC1OC(C(C)(C)C)O1. The Morgan fingerprint density at radius 3 is 1.67 bits per heavy atom. The number of hydrogen-bond donors (Lipinski definition) is 0. The van der Waals surface area contributed by atoms with Gasteiger partial charge in [0.25, 0.3) is 0 Å². The molecule has 1 fully saturated rings. The molecule has 2 nitrogen and oxygen atoms in total. The average molecular weight is 130 g/mol. The lowest BCUT2D eigenvalue weighted by Crippen LogP contribution is -2.46. The molecule has 0 spiro atoms. The Labute approximate surface area is 56.2 Å². The standard InChI is InChI=1S/C7H14O2/c1-5-8-6(9-5)7(2,3)4/h5-6H,1-4H3. The van der Waals surface area contributed by atoms with E-state index in [2.05, 4.69) is 20.8 Å². The molecule has 1 heterocycles. The number of rotatable bonds is 0. The van der Waals surface area contributed by atoms with Crippen molar-refractivity contribution in [3.05, 3.63) is 0 Å². The fourth-order valence-electron chi connectivity index (χ4n) is 0.767. The molecule has 1 aliphatic heterocycles. The fraction of sp³-hybridized carbons (Fsp3) is 1.00. The molecule has 1 aliphatic rings. The van der Waals surface area contributed by atoms with Gasteiger partial charge >= 0.3 is 0 Å². The number of ether oxygens (including phenoxy) is 2. The molecule has 0 bridgehead atoms. The Balaban J connectivity index is 2.32. The van der Waals surface area contributed by atoms with Crippen LogP contribution in [0.5, 0.6) is 0 Å². The maximum atomic E-state index is 5.28. The average Bonchev–Trinajstić information content (AvgIpc) is 1.55. The highest BCUT2D eigenvalue weighted by Crippen LogP contribution is 2.31. The van der Waals surface area contributed by atoms with E-state index < -0.39 is 0 Å². The summed E-state index contributed by atoms with van der Waals surface area (Å²) < 4.78 is 10.6. The zero-order valence-corrected chi connectivity index (χ0v) is 6.47. The summed E-state index contributed by atoms with van der Waals surface area (Å²) in [6.07, 6.45) is 0.0155. The van der Waals surface area contributed by atoms with Crippen molar-refractivity contribution in [2.24, 2.45) is 5.41 Å². The minimum absolute atomic E-state index is 0.00694. The summed E-state index contributed by atoms with van der Waals surface area (Å²) in [7, 11) is 0. The summed E-state index contributed by atoms with van der Waals surface area (Å²) in [5.41, 5.74) is 0.131. The van der Waals surface area contributed by atoms with E-state index in [9.17, 15) is 0 Å². The normalized spacial score (nSPS) is 36.0. The van der Waals surface area contributed by atoms with Crippen LogP contribution < -0.4 is 0 Å². The molecule has 0 aliphatic carbocycles. The zero-order valence-electron chi connectivity index (χ0n) is 6.47. The van der Waals surface area contributed by atoms with E-state index in [1.165, 1.54) is 0 Å². The molecule has 0 saturated carbocycles. The summed E-state index contributed by atoms with van der Waals surface area (Å²) >= 11 is 0. The van der Waals surface area contributed by atoms with Crippen LogP contribution in [0.4, 0.5) is 0 Å². The predicted molar refractivity (Wildman–Crippen MR) is 34.9 cm³/mol. The van der Waals surface area contributed by atoms with Crippen molar-refractivity contribution >= 4 is 0 Å². The quantitative estimate of drug-likeness (QED) is 0.497. The first-order valence-electron chi connectivity index (χ1n) is 3.31. The molecule has 0 atom stereocenters. The van der Waals surface area contributed by atoms with E-state index in [0.717, 1.165) is 0 Å². The molecule has 1 rings (SSSR count). The molecule has 0 N–H and O–H groups in total. The molecule has 0 aromatic heterocycles. The molecular formula is C7H14O2. The highest BCUT2D eigenvalue weighted by atomic mass is 16.9. The van der Waals surface area contributed by atoms with Crippen LogP contribution in [0.1, 0.15) is 27.7 Å². The molecule has 0 amide bonds. The summed E-state index contributed by atoms with van der Waals surface area (Å²) in [5, 5.41) is 0. The minimum Gasteiger partial charge on any atom is -0.323 e. The van der Waals surface area contributed by atoms with Gasteiger partial charge in [-0.25, -0.2) is 0 Å². The van der Waals surface area contributed by atoms with Gasteiger partial charge in [-0.05, 0) is 6.92 Å². The molecule has 0 unspecified atom stereocenters. The van der Waals surface area contributed by atoms with Gasteiger partial charge in [0.2, 0.25) is 0 Å². The maximum absolute atomic E-state index is 5.28. The Morgan fingerprint density at radius 1 is 1.11 bits per heavy atom. The smallest absolute Gasteiger partial charge is 0.168 e. The Morgan fingerprint density at radius 2 is 1.56 bits per heavy atom. The predicted octanol–water partition coefficient (Wildman–Crippen LogP) is 1.75. The van der Waals surface area contributed by atoms with Crippen LogP contribution in [-0.4, -0.2) is 12.6 Å².